The zero-order chi connectivity index (χ0) is 18.0. The Balaban J connectivity index is 2.02. The minimum atomic E-state index is -0.405. The molecule has 2 N–H and O–H groups in total. The van der Waals surface area contributed by atoms with E-state index in [4.69, 9.17) is 10.7 Å². The minimum Gasteiger partial charge on any atom is -0.369 e. The van der Waals surface area contributed by atoms with Crippen molar-refractivity contribution in [3.05, 3.63) is 20.8 Å². The molecule has 25 heavy (non-hydrogen) atoms. The van der Waals surface area contributed by atoms with Gasteiger partial charge in [-0.3, -0.25) is 14.2 Å². The highest BCUT2D eigenvalue weighted by molar-refractivity contribution is 8.00. The Labute approximate surface area is 156 Å². The largest absolute Gasteiger partial charge is 0.369 e. The van der Waals surface area contributed by atoms with Crippen LogP contribution in [0.1, 0.15) is 56.4 Å². The third-order valence-electron chi connectivity index (χ3n) is 4.71. The van der Waals surface area contributed by atoms with Crippen LogP contribution >= 0.6 is 23.1 Å². The van der Waals surface area contributed by atoms with Crippen LogP contribution in [0.25, 0.3) is 10.2 Å². The molecule has 0 fully saturated rings. The van der Waals surface area contributed by atoms with E-state index >= 15 is 0 Å². The first kappa shape index (κ1) is 18.5. The summed E-state index contributed by atoms with van der Waals surface area (Å²) < 4.78 is 1.77. The van der Waals surface area contributed by atoms with Crippen molar-refractivity contribution in [2.75, 3.05) is 0 Å². The summed E-state index contributed by atoms with van der Waals surface area (Å²) in [5.74, 6) is -0.384. The van der Waals surface area contributed by atoms with E-state index in [1.165, 1.54) is 28.6 Å². The molecule has 0 bridgehead atoms. The number of thiophene rings is 1. The summed E-state index contributed by atoms with van der Waals surface area (Å²) in [6, 6.07) is 0. The number of unbranched alkanes of at least 4 members (excludes halogenated alkanes) is 3. The first-order valence-electron chi connectivity index (χ1n) is 9.04. The molecule has 0 saturated heterocycles. The van der Waals surface area contributed by atoms with Crippen LogP contribution in [-0.4, -0.2) is 20.7 Å². The molecular formula is C18H25N3O2S2. The van der Waals surface area contributed by atoms with Gasteiger partial charge in [-0.2, -0.15) is 0 Å². The number of aromatic nitrogens is 2. The minimum absolute atomic E-state index is 0.0556. The number of carbonyl (C=O) groups excluding carboxylic acids is 1. The number of hydrogen-bond acceptors (Lipinski definition) is 5. The van der Waals surface area contributed by atoms with Gasteiger partial charge in [0.2, 0.25) is 5.91 Å². The Morgan fingerprint density at radius 2 is 2.16 bits per heavy atom. The second-order valence-electron chi connectivity index (χ2n) is 6.61. The van der Waals surface area contributed by atoms with Crippen molar-refractivity contribution >= 4 is 39.2 Å². The fourth-order valence-corrected chi connectivity index (χ4v) is 5.45. The van der Waals surface area contributed by atoms with E-state index in [2.05, 4.69) is 6.92 Å². The van der Waals surface area contributed by atoms with Gasteiger partial charge >= 0.3 is 0 Å². The molecule has 1 aliphatic rings. The smallest absolute Gasteiger partial charge is 0.263 e. The van der Waals surface area contributed by atoms with Gasteiger partial charge in [-0.05, 0) is 38.2 Å². The van der Waals surface area contributed by atoms with Crippen LogP contribution in [0.5, 0.6) is 0 Å². The molecule has 1 aliphatic carbocycles. The fraction of sp³-hybridized carbons (Fsp3) is 0.611. The van der Waals surface area contributed by atoms with Gasteiger partial charge in [0.15, 0.2) is 5.16 Å². The highest BCUT2D eigenvalue weighted by atomic mass is 32.2. The summed E-state index contributed by atoms with van der Waals surface area (Å²) in [5, 5.41) is 1.03. The Morgan fingerprint density at radius 3 is 2.88 bits per heavy atom. The van der Waals surface area contributed by atoms with Gasteiger partial charge < -0.3 is 5.73 Å². The van der Waals surface area contributed by atoms with E-state index in [0.29, 0.717) is 11.7 Å². The summed E-state index contributed by atoms with van der Waals surface area (Å²) in [5.41, 5.74) is 6.67. The van der Waals surface area contributed by atoms with Crippen LogP contribution in [0.4, 0.5) is 0 Å². The Morgan fingerprint density at radius 1 is 1.36 bits per heavy atom. The number of nitrogens with two attached hydrogens (primary N) is 1. The molecule has 3 rings (SSSR count). The number of fused-ring (bicyclic) bond motifs is 3. The van der Waals surface area contributed by atoms with E-state index in [-0.39, 0.29) is 11.5 Å². The zero-order valence-corrected chi connectivity index (χ0v) is 16.5. The molecule has 1 atom stereocenters. The normalized spacial score (nSPS) is 14.8. The summed E-state index contributed by atoms with van der Waals surface area (Å²) in [7, 11) is 0. The maximum Gasteiger partial charge on any atom is 0.263 e. The second-order valence-corrected chi connectivity index (χ2v) is 9.00. The van der Waals surface area contributed by atoms with Gasteiger partial charge in [0, 0.05) is 11.4 Å². The molecule has 2 heterocycles. The molecule has 7 heteroatoms. The molecule has 2 aromatic rings. The SMILES string of the molecule is CCCCCCn1c(S[C@H](C)C(N)=O)nc2sc3c(c2c1=O)CCC3. The van der Waals surface area contributed by atoms with Gasteiger partial charge in [-0.15, -0.1) is 11.3 Å². The van der Waals surface area contributed by atoms with Crippen molar-refractivity contribution in [2.24, 2.45) is 5.73 Å². The fourth-order valence-electron chi connectivity index (χ4n) is 3.26. The molecule has 0 radical (unpaired) electrons. The van der Waals surface area contributed by atoms with E-state index in [1.807, 2.05) is 0 Å². The van der Waals surface area contributed by atoms with Crippen molar-refractivity contribution in [3.8, 4) is 0 Å². The molecule has 5 nitrogen and oxygen atoms in total. The molecule has 2 aromatic heterocycles. The van der Waals surface area contributed by atoms with Crippen molar-refractivity contribution < 1.29 is 4.79 Å². The second kappa shape index (κ2) is 7.91. The molecule has 0 aliphatic heterocycles. The van der Waals surface area contributed by atoms with Gasteiger partial charge in [0.05, 0.1) is 10.6 Å². The van der Waals surface area contributed by atoms with Crippen molar-refractivity contribution in [2.45, 2.75) is 75.7 Å². The van der Waals surface area contributed by atoms with Crippen LogP contribution in [0.15, 0.2) is 9.95 Å². The van der Waals surface area contributed by atoms with Gasteiger partial charge in [-0.25, -0.2) is 4.98 Å². The molecular weight excluding hydrogens is 354 g/mol. The number of aryl methyl sites for hydroxylation is 2. The monoisotopic (exact) mass is 379 g/mol. The summed E-state index contributed by atoms with van der Waals surface area (Å²) in [4.78, 5) is 31.5. The molecule has 0 saturated carbocycles. The van der Waals surface area contributed by atoms with Crippen LogP contribution in [0.3, 0.4) is 0 Å². The molecule has 0 unspecified atom stereocenters. The lowest BCUT2D eigenvalue weighted by atomic mass is 10.2. The van der Waals surface area contributed by atoms with Crippen LogP contribution in [-0.2, 0) is 24.2 Å². The van der Waals surface area contributed by atoms with Crippen molar-refractivity contribution in [1.29, 1.82) is 0 Å². The van der Waals surface area contributed by atoms with Crippen LogP contribution < -0.4 is 11.3 Å². The number of thioether (sulfide) groups is 1. The number of amides is 1. The quantitative estimate of drug-likeness (QED) is 0.433. The number of carbonyl (C=O) groups is 1. The van der Waals surface area contributed by atoms with E-state index in [0.717, 1.165) is 48.7 Å². The standard InChI is InChI=1S/C18H25N3O2S2/c1-3-4-5-6-10-21-17(23)14-12-8-7-9-13(12)25-16(14)20-18(21)24-11(2)15(19)22/h11H,3-10H2,1-2H3,(H2,19,22)/t11-/m1/s1. The Kier molecular flexibility index (Phi) is 5.84. The van der Waals surface area contributed by atoms with Crippen LogP contribution in [0, 0.1) is 0 Å². The molecule has 136 valence electrons. The number of rotatable bonds is 8. The molecule has 0 aromatic carbocycles. The number of primary amides is 1. The zero-order valence-electron chi connectivity index (χ0n) is 14.8. The Hall–Kier alpha value is -1.34. The van der Waals surface area contributed by atoms with Gasteiger partial charge in [0.1, 0.15) is 4.83 Å². The molecule has 1 amide bonds. The van der Waals surface area contributed by atoms with Crippen molar-refractivity contribution in [3.63, 3.8) is 0 Å². The van der Waals surface area contributed by atoms with Gasteiger partial charge in [0.25, 0.3) is 5.56 Å². The Bertz CT molecular complexity index is 841. The predicted molar refractivity (Wildman–Crippen MR) is 105 cm³/mol. The maximum absolute atomic E-state index is 13.2. The highest BCUT2D eigenvalue weighted by Crippen LogP contribution is 2.36. The topological polar surface area (TPSA) is 78.0 Å². The first-order chi connectivity index (χ1) is 12.0. The highest BCUT2D eigenvalue weighted by Gasteiger charge is 2.24. The average molecular weight is 380 g/mol. The maximum atomic E-state index is 13.2. The lowest BCUT2D eigenvalue weighted by Crippen LogP contribution is -2.27. The first-order valence-corrected chi connectivity index (χ1v) is 10.7. The van der Waals surface area contributed by atoms with Gasteiger partial charge in [-0.1, -0.05) is 37.9 Å². The van der Waals surface area contributed by atoms with E-state index < -0.39 is 5.25 Å². The lowest BCUT2D eigenvalue weighted by Gasteiger charge is -2.14. The number of hydrogen-bond donors (Lipinski definition) is 1. The average Bonchev–Trinajstić information content (AvgIpc) is 3.14. The summed E-state index contributed by atoms with van der Waals surface area (Å²) in [6.07, 6.45) is 7.52. The number of nitrogens with zero attached hydrogens (tertiary/aromatic N) is 2. The molecule has 0 spiro atoms. The third-order valence-corrected chi connectivity index (χ3v) is 7.00. The third kappa shape index (κ3) is 3.77. The van der Waals surface area contributed by atoms with E-state index in [9.17, 15) is 9.59 Å². The predicted octanol–water partition coefficient (Wildman–Crippen LogP) is 3.49. The van der Waals surface area contributed by atoms with Crippen molar-refractivity contribution in [1.82, 2.24) is 9.55 Å². The van der Waals surface area contributed by atoms with E-state index in [1.54, 1.807) is 22.8 Å². The summed E-state index contributed by atoms with van der Waals surface area (Å²) in [6.45, 7) is 4.59. The summed E-state index contributed by atoms with van der Waals surface area (Å²) >= 11 is 2.93. The lowest BCUT2D eigenvalue weighted by molar-refractivity contribution is -0.117. The van der Waals surface area contributed by atoms with Crippen LogP contribution in [0.2, 0.25) is 0 Å².